The normalized spacial score (nSPS) is 13.2. The zero-order valence-corrected chi connectivity index (χ0v) is 16.1. The highest BCUT2D eigenvalue weighted by atomic mass is 14.4. The minimum atomic E-state index is 1.34. The van der Waals surface area contributed by atoms with E-state index in [1.165, 1.54) is 66.8 Å². The molecule has 0 saturated carbocycles. The van der Waals surface area contributed by atoms with Crippen LogP contribution in [0, 0.1) is 13.8 Å². The van der Waals surface area contributed by atoms with E-state index in [9.17, 15) is 0 Å². The molecule has 4 aromatic rings. The molecule has 0 unspecified atom stereocenters. The molecule has 0 nitrogen and oxygen atoms in total. The lowest BCUT2D eigenvalue weighted by Gasteiger charge is -2.14. The van der Waals surface area contributed by atoms with Crippen LogP contribution in [0.4, 0.5) is 0 Å². The second-order valence-corrected chi connectivity index (χ2v) is 7.84. The van der Waals surface area contributed by atoms with Crippen LogP contribution in [0.15, 0.2) is 84.9 Å². The van der Waals surface area contributed by atoms with Crippen LogP contribution in [0.5, 0.6) is 0 Å². The van der Waals surface area contributed by atoms with E-state index in [0.29, 0.717) is 0 Å². The third-order valence-electron chi connectivity index (χ3n) is 6.27. The lowest BCUT2D eigenvalue weighted by molar-refractivity contribution is 1.38. The number of benzene rings is 4. The van der Waals surface area contributed by atoms with Crippen LogP contribution in [-0.2, 0) is 0 Å². The summed E-state index contributed by atoms with van der Waals surface area (Å²) in [5, 5.41) is 0. The average Bonchev–Trinajstić information content (AvgIpc) is 3.25. The molecule has 0 heterocycles. The van der Waals surface area contributed by atoms with E-state index in [2.05, 4.69) is 98.8 Å². The van der Waals surface area contributed by atoms with Crippen molar-refractivity contribution in [2.75, 3.05) is 0 Å². The van der Waals surface area contributed by atoms with Crippen molar-refractivity contribution in [3.05, 3.63) is 118 Å². The molecule has 28 heavy (non-hydrogen) atoms. The monoisotopic (exact) mass is 356 g/mol. The lowest BCUT2D eigenvalue weighted by atomic mass is 9.89. The molecule has 0 atom stereocenters. The first-order valence-corrected chi connectivity index (χ1v) is 9.89. The summed E-state index contributed by atoms with van der Waals surface area (Å²) in [5.41, 5.74) is 16.4. The summed E-state index contributed by atoms with van der Waals surface area (Å²) >= 11 is 0. The van der Waals surface area contributed by atoms with Gasteiger partial charge >= 0.3 is 0 Å². The van der Waals surface area contributed by atoms with E-state index >= 15 is 0 Å². The summed E-state index contributed by atoms with van der Waals surface area (Å²) in [6, 6.07) is 31.1. The van der Waals surface area contributed by atoms with Crippen LogP contribution in [0.3, 0.4) is 0 Å². The number of rotatable bonds is 0. The molecular formula is C28H20. The number of aryl methyl sites for hydroxylation is 2. The maximum absolute atomic E-state index is 2.29. The zero-order valence-electron chi connectivity index (χ0n) is 16.1. The fourth-order valence-corrected chi connectivity index (χ4v) is 5.08. The van der Waals surface area contributed by atoms with Crippen molar-refractivity contribution in [2.24, 2.45) is 0 Å². The van der Waals surface area contributed by atoms with E-state index in [1.54, 1.807) is 0 Å². The van der Waals surface area contributed by atoms with Crippen molar-refractivity contribution >= 4 is 11.1 Å². The Hall–Kier alpha value is -3.38. The van der Waals surface area contributed by atoms with Crippen molar-refractivity contribution < 1.29 is 0 Å². The molecule has 2 aliphatic carbocycles. The molecule has 4 aromatic carbocycles. The molecule has 0 saturated heterocycles. The van der Waals surface area contributed by atoms with E-state index in [1.807, 2.05) is 0 Å². The van der Waals surface area contributed by atoms with Gasteiger partial charge in [-0.1, -0.05) is 84.9 Å². The Morgan fingerprint density at radius 1 is 0.357 bits per heavy atom. The zero-order chi connectivity index (χ0) is 18.8. The van der Waals surface area contributed by atoms with Gasteiger partial charge in [0.25, 0.3) is 0 Å². The van der Waals surface area contributed by atoms with Crippen LogP contribution in [0.1, 0.15) is 33.4 Å². The lowest BCUT2D eigenvalue weighted by Crippen LogP contribution is -1.93. The first-order valence-electron chi connectivity index (χ1n) is 9.89. The van der Waals surface area contributed by atoms with Crippen LogP contribution in [0.2, 0.25) is 0 Å². The van der Waals surface area contributed by atoms with Gasteiger partial charge in [0, 0.05) is 0 Å². The van der Waals surface area contributed by atoms with Gasteiger partial charge < -0.3 is 0 Å². The molecule has 0 aromatic heterocycles. The quantitative estimate of drug-likeness (QED) is 0.268. The molecule has 0 heteroatoms. The molecule has 0 radical (unpaired) electrons. The van der Waals surface area contributed by atoms with Crippen LogP contribution in [-0.4, -0.2) is 0 Å². The summed E-state index contributed by atoms with van der Waals surface area (Å²) in [7, 11) is 0. The molecule has 6 rings (SSSR count). The van der Waals surface area contributed by atoms with Gasteiger partial charge in [-0.15, -0.1) is 0 Å². The summed E-state index contributed by atoms with van der Waals surface area (Å²) < 4.78 is 0. The molecule has 2 aliphatic rings. The third-order valence-corrected chi connectivity index (χ3v) is 6.27. The first kappa shape index (κ1) is 15.7. The van der Waals surface area contributed by atoms with E-state index < -0.39 is 0 Å². The van der Waals surface area contributed by atoms with E-state index in [0.717, 1.165) is 0 Å². The van der Waals surface area contributed by atoms with Gasteiger partial charge in [-0.3, -0.25) is 0 Å². The Morgan fingerprint density at radius 2 is 0.750 bits per heavy atom. The Bertz CT molecular complexity index is 1270. The Morgan fingerprint density at radius 3 is 1.29 bits per heavy atom. The molecule has 0 spiro atoms. The van der Waals surface area contributed by atoms with Crippen molar-refractivity contribution in [1.82, 2.24) is 0 Å². The molecule has 0 amide bonds. The van der Waals surface area contributed by atoms with Gasteiger partial charge in [0.05, 0.1) is 0 Å². The Balaban J connectivity index is 1.85. The first-order chi connectivity index (χ1) is 13.8. The van der Waals surface area contributed by atoms with Gasteiger partial charge in [0.1, 0.15) is 0 Å². The maximum atomic E-state index is 2.29. The fourth-order valence-electron chi connectivity index (χ4n) is 5.08. The molecular weight excluding hydrogens is 336 g/mol. The van der Waals surface area contributed by atoms with E-state index in [4.69, 9.17) is 0 Å². The van der Waals surface area contributed by atoms with Crippen LogP contribution >= 0.6 is 0 Å². The number of fused-ring (bicyclic) bond motifs is 6. The average molecular weight is 356 g/mol. The summed E-state index contributed by atoms with van der Waals surface area (Å²) in [6.45, 7) is 4.48. The third kappa shape index (κ3) is 1.90. The summed E-state index contributed by atoms with van der Waals surface area (Å²) in [5.74, 6) is 0. The Kier molecular flexibility index (Phi) is 3.11. The molecule has 0 bridgehead atoms. The highest BCUT2D eigenvalue weighted by Gasteiger charge is 2.33. The van der Waals surface area contributed by atoms with Crippen molar-refractivity contribution in [3.63, 3.8) is 0 Å². The highest BCUT2D eigenvalue weighted by molar-refractivity contribution is 6.19. The molecule has 0 aliphatic heterocycles. The topological polar surface area (TPSA) is 0 Å². The smallest absolute Gasteiger partial charge is 0.00111 e. The van der Waals surface area contributed by atoms with Gasteiger partial charge in [-0.2, -0.15) is 0 Å². The summed E-state index contributed by atoms with van der Waals surface area (Å²) in [6.07, 6.45) is 0. The fraction of sp³-hybridized carbons (Fsp3) is 0.0714. The van der Waals surface area contributed by atoms with Crippen molar-refractivity contribution in [1.29, 1.82) is 0 Å². The van der Waals surface area contributed by atoms with Crippen LogP contribution < -0.4 is 0 Å². The maximum Gasteiger partial charge on any atom is -0.00111 e. The van der Waals surface area contributed by atoms with Crippen LogP contribution in [0.25, 0.3) is 33.4 Å². The van der Waals surface area contributed by atoms with Gasteiger partial charge in [0.15, 0.2) is 0 Å². The van der Waals surface area contributed by atoms with Crippen molar-refractivity contribution in [2.45, 2.75) is 13.8 Å². The van der Waals surface area contributed by atoms with Gasteiger partial charge in [-0.05, 0) is 80.6 Å². The second-order valence-electron chi connectivity index (χ2n) is 7.84. The van der Waals surface area contributed by atoms with Gasteiger partial charge in [0.2, 0.25) is 0 Å². The van der Waals surface area contributed by atoms with E-state index in [-0.39, 0.29) is 0 Å². The SMILES string of the molecule is Cc1ccc(C)c2c1C(=C1c3ccccc3-c3ccccc31)c1ccccc1-2. The molecule has 0 fully saturated rings. The molecule has 0 N–H and O–H groups in total. The second kappa shape index (κ2) is 5.56. The standard InChI is InChI=1S/C28H20/c1-17-15-16-18(2)26-25(17)23-13-7-8-14-24(23)28(26)27-21-11-5-3-9-19(21)20-10-4-6-12-22(20)27/h3-16H,1-2H3. The predicted molar refractivity (Wildman–Crippen MR) is 118 cm³/mol. The Labute approximate surface area is 165 Å². The highest BCUT2D eigenvalue weighted by Crippen LogP contribution is 2.55. The largest absolute Gasteiger partial charge is 0.0616 e. The predicted octanol–water partition coefficient (Wildman–Crippen LogP) is 7.27. The van der Waals surface area contributed by atoms with Gasteiger partial charge in [-0.25, -0.2) is 0 Å². The van der Waals surface area contributed by atoms with Crippen molar-refractivity contribution in [3.8, 4) is 22.3 Å². The minimum absolute atomic E-state index is 1.34. The number of hydrogen-bond donors (Lipinski definition) is 0. The minimum Gasteiger partial charge on any atom is -0.0616 e. The summed E-state index contributed by atoms with van der Waals surface area (Å²) in [4.78, 5) is 0. The number of hydrogen-bond acceptors (Lipinski definition) is 0. The molecule has 132 valence electrons.